The Balaban J connectivity index is 2.21. The molecule has 2 rings (SSSR count). The fourth-order valence-corrected chi connectivity index (χ4v) is 2.59. The van der Waals surface area contributed by atoms with Crippen LogP contribution in [0.3, 0.4) is 0 Å². The number of carbonyl (C=O) groups excluding carboxylic acids is 3. The molecular formula is C21H23NO6. The fraction of sp³-hybridized carbons (Fsp3) is 0.286. The maximum Gasteiger partial charge on any atom is 0.337 e. The second-order valence-corrected chi connectivity index (χ2v) is 6.30. The van der Waals surface area contributed by atoms with Gasteiger partial charge >= 0.3 is 11.9 Å². The third kappa shape index (κ3) is 5.09. The van der Waals surface area contributed by atoms with Crippen LogP contribution in [0.15, 0.2) is 36.4 Å². The first-order valence-electron chi connectivity index (χ1n) is 8.61. The number of aryl methyl sites for hydroxylation is 2. The van der Waals surface area contributed by atoms with Crippen molar-refractivity contribution in [3.8, 4) is 5.75 Å². The smallest absolute Gasteiger partial charge is 0.337 e. The quantitative estimate of drug-likeness (QED) is 0.768. The first-order valence-corrected chi connectivity index (χ1v) is 8.61. The van der Waals surface area contributed by atoms with Gasteiger partial charge in [0.05, 0.1) is 25.3 Å². The van der Waals surface area contributed by atoms with Crippen molar-refractivity contribution in [3.05, 3.63) is 58.7 Å². The van der Waals surface area contributed by atoms with Crippen molar-refractivity contribution < 1.29 is 28.6 Å². The number of benzene rings is 2. The van der Waals surface area contributed by atoms with Crippen molar-refractivity contribution >= 4 is 23.5 Å². The molecule has 28 heavy (non-hydrogen) atoms. The lowest BCUT2D eigenvalue weighted by molar-refractivity contribution is -0.122. The van der Waals surface area contributed by atoms with Crippen LogP contribution in [-0.4, -0.2) is 38.2 Å². The van der Waals surface area contributed by atoms with E-state index in [-0.39, 0.29) is 16.8 Å². The van der Waals surface area contributed by atoms with Crippen LogP contribution in [0.5, 0.6) is 5.75 Å². The molecule has 0 aromatic heterocycles. The average molecular weight is 385 g/mol. The van der Waals surface area contributed by atoms with E-state index in [1.54, 1.807) is 6.92 Å². The van der Waals surface area contributed by atoms with Gasteiger partial charge in [0, 0.05) is 5.69 Å². The van der Waals surface area contributed by atoms with Crippen LogP contribution in [-0.2, 0) is 14.3 Å². The lowest BCUT2D eigenvalue weighted by Crippen LogP contribution is -2.30. The minimum Gasteiger partial charge on any atom is -0.481 e. The van der Waals surface area contributed by atoms with E-state index >= 15 is 0 Å². The van der Waals surface area contributed by atoms with Gasteiger partial charge in [0.1, 0.15) is 5.75 Å². The summed E-state index contributed by atoms with van der Waals surface area (Å²) in [7, 11) is 2.45. The Morgan fingerprint density at radius 2 is 1.46 bits per heavy atom. The summed E-state index contributed by atoms with van der Waals surface area (Å²) in [5.41, 5.74) is 2.49. The Bertz CT molecular complexity index is 872. The molecule has 1 N–H and O–H groups in total. The van der Waals surface area contributed by atoms with Crippen LogP contribution in [0, 0.1) is 13.8 Å². The molecule has 0 aliphatic carbocycles. The van der Waals surface area contributed by atoms with Crippen molar-refractivity contribution in [2.24, 2.45) is 0 Å². The monoisotopic (exact) mass is 385 g/mol. The van der Waals surface area contributed by atoms with Gasteiger partial charge in [-0.15, -0.1) is 0 Å². The van der Waals surface area contributed by atoms with E-state index in [9.17, 15) is 14.4 Å². The van der Waals surface area contributed by atoms with Crippen molar-refractivity contribution in [2.75, 3.05) is 19.5 Å². The molecule has 0 spiro atoms. The largest absolute Gasteiger partial charge is 0.481 e. The van der Waals surface area contributed by atoms with E-state index in [0.717, 1.165) is 11.1 Å². The maximum absolute atomic E-state index is 12.5. The standard InChI is InChI=1S/C21H23NO6/c1-12-6-7-18(13(2)8-12)28-14(3)19(23)22-17-10-15(20(24)26-4)9-16(11-17)21(25)27-5/h6-11,14H,1-5H3,(H,22,23)/t14-/m0/s1. The van der Waals surface area contributed by atoms with Gasteiger partial charge in [-0.1, -0.05) is 17.7 Å². The van der Waals surface area contributed by atoms with Crippen molar-refractivity contribution in [1.82, 2.24) is 0 Å². The molecule has 0 fully saturated rings. The molecule has 0 unspecified atom stereocenters. The molecule has 0 saturated carbocycles. The highest BCUT2D eigenvalue weighted by Gasteiger charge is 2.19. The van der Waals surface area contributed by atoms with Gasteiger partial charge in [-0.3, -0.25) is 4.79 Å². The average Bonchev–Trinajstić information content (AvgIpc) is 2.68. The lowest BCUT2D eigenvalue weighted by atomic mass is 10.1. The normalized spacial score (nSPS) is 11.3. The summed E-state index contributed by atoms with van der Waals surface area (Å²) in [5.74, 6) is -1.11. The summed E-state index contributed by atoms with van der Waals surface area (Å²) in [5, 5.41) is 2.65. The topological polar surface area (TPSA) is 90.9 Å². The van der Waals surface area contributed by atoms with E-state index in [1.165, 1.54) is 32.4 Å². The predicted octanol–water partition coefficient (Wildman–Crippen LogP) is 3.28. The molecule has 148 valence electrons. The number of carbonyl (C=O) groups is 3. The van der Waals surface area contributed by atoms with E-state index in [1.807, 2.05) is 32.0 Å². The lowest BCUT2D eigenvalue weighted by Gasteiger charge is -2.17. The summed E-state index contributed by atoms with van der Waals surface area (Å²) in [4.78, 5) is 36.2. The Labute approximate surface area is 163 Å². The van der Waals surface area contributed by atoms with Crippen molar-refractivity contribution in [1.29, 1.82) is 0 Å². The molecule has 0 aliphatic rings. The van der Waals surface area contributed by atoms with Gasteiger partial charge in [0.2, 0.25) is 0 Å². The summed E-state index contributed by atoms with van der Waals surface area (Å²) >= 11 is 0. The molecule has 1 amide bonds. The minimum atomic E-state index is -0.801. The van der Waals surface area contributed by atoms with Crippen LogP contribution in [0.25, 0.3) is 0 Å². The van der Waals surface area contributed by atoms with Gasteiger partial charge in [0.15, 0.2) is 6.10 Å². The summed E-state index contributed by atoms with van der Waals surface area (Å²) in [6.45, 7) is 5.48. The third-order valence-corrected chi connectivity index (χ3v) is 4.05. The zero-order valence-corrected chi connectivity index (χ0v) is 16.5. The highest BCUT2D eigenvalue weighted by atomic mass is 16.5. The van der Waals surface area contributed by atoms with Crippen molar-refractivity contribution in [2.45, 2.75) is 26.9 Å². The molecule has 1 atom stereocenters. The zero-order chi connectivity index (χ0) is 20.8. The van der Waals surface area contributed by atoms with Crippen LogP contribution >= 0.6 is 0 Å². The Morgan fingerprint density at radius 3 is 1.96 bits per heavy atom. The summed E-state index contributed by atoms with van der Waals surface area (Å²) in [6, 6.07) is 9.84. The predicted molar refractivity (Wildman–Crippen MR) is 104 cm³/mol. The number of hydrogen-bond acceptors (Lipinski definition) is 6. The summed E-state index contributed by atoms with van der Waals surface area (Å²) in [6.07, 6.45) is -0.801. The number of nitrogens with one attached hydrogen (secondary N) is 1. The number of methoxy groups -OCH3 is 2. The van der Waals surface area contributed by atoms with E-state index in [0.29, 0.717) is 5.75 Å². The first kappa shape index (κ1) is 21.0. The number of amides is 1. The van der Waals surface area contributed by atoms with Crippen molar-refractivity contribution in [3.63, 3.8) is 0 Å². The Morgan fingerprint density at radius 1 is 0.893 bits per heavy atom. The zero-order valence-electron chi connectivity index (χ0n) is 16.5. The number of rotatable bonds is 6. The maximum atomic E-state index is 12.5. The van der Waals surface area contributed by atoms with Gasteiger partial charge in [-0.2, -0.15) is 0 Å². The van der Waals surface area contributed by atoms with Crippen LogP contribution < -0.4 is 10.1 Å². The molecule has 0 radical (unpaired) electrons. The molecule has 7 nitrogen and oxygen atoms in total. The summed E-state index contributed by atoms with van der Waals surface area (Å²) < 4.78 is 15.1. The number of anilines is 1. The van der Waals surface area contributed by atoms with Crippen LogP contribution in [0.1, 0.15) is 38.8 Å². The Kier molecular flexibility index (Phi) is 6.76. The molecule has 0 heterocycles. The Hall–Kier alpha value is -3.35. The van der Waals surface area contributed by atoms with Gasteiger partial charge in [-0.25, -0.2) is 9.59 Å². The number of hydrogen-bond donors (Lipinski definition) is 1. The molecule has 0 bridgehead atoms. The minimum absolute atomic E-state index is 0.114. The van der Waals surface area contributed by atoms with Gasteiger partial charge in [0.25, 0.3) is 5.91 Å². The molecule has 2 aromatic carbocycles. The number of esters is 2. The van der Waals surface area contributed by atoms with E-state index < -0.39 is 23.9 Å². The number of ether oxygens (including phenoxy) is 3. The highest BCUT2D eigenvalue weighted by Crippen LogP contribution is 2.21. The second-order valence-electron chi connectivity index (χ2n) is 6.30. The van der Waals surface area contributed by atoms with E-state index in [2.05, 4.69) is 14.8 Å². The molecule has 2 aromatic rings. The highest BCUT2D eigenvalue weighted by molar-refractivity contribution is 6.00. The molecule has 0 aliphatic heterocycles. The third-order valence-electron chi connectivity index (χ3n) is 4.05. The van der Waals surface area contributed by atoms with Gasteiger partial charge < -0.3 is 19.5 Å². The SMILES string of the molecule is COC(=O)c1cc(NC(=O)[C@H](C)Oc2ccc(C)cc2C)cc(C(=O)OC)c1. The second kappa shape index (κ2) is 9.03. The molecule has 0 saturated heterocycles. The van der Waals surface area contributed by atoms with Gasteiger partial charge in [-0.05, 0) is 50.6 Å². The molecule has 7 heteroatoms. The first-order chi connectivity index (χ1) is 13.2. The molecular weight excluding hydrogens is 362 g/mol. The van der Waals surface area contributed by atoms with Crippen LogP contribution in [0.2, 0.25) is 0 Å². The van der Waals surface area contributed by atoms with Crippen LogP contribution in [0.4, 0.5) is 5.69 Å². The van der Waals surface area contributed by atoms with E-state index in [4.69, 9.17) is 4.74 Å². The fourth-order valence-electron chi connectivity index (χ4n) is 2.59.